The molecule has 0 N–H and O–H groups in total. The van der Waals surface area contributed by atoms with Crippen LogP contribution in [0, 0.1) is 5.92 Å². The lowest BCUT2D eigenvalue weighted by Crippen LogP contribution is -2.29. The van der Waals surface area contributed by atoms with Crippen molar-refractivity contribution in [2.75, 3.05) is 19.1 Å². The van der Waals surface area contributed by atoms with Crippen LogP contribution in [0.5, 0.6) is 0 Å². The molecular weight excluding hydrogens is 180 g/mol. The molecule has 3 nitrogen and oxygen atoms in total. The molecule has 0 aromatic rings. The fourth-order valence-electron chi connectivity index (χ4n) is 1.25. The van der Waals surface area contributed by atoms with E-state index in [-0.39, 0.29) is 17.6 Å². The summed E-state index contributed by atoms with van der Waals surface area (Å²) >= 11 is 5.26. The molecule has 0 bridgehead atoms. The number of ketones is 2. The average molecular weight is 191 g/mol. The van der Waals surface area contributed by atoms with Crippen LogP contribution >= 0.6 is 11.6 Å². The third-order valence-corrected chi connectivity index (χ3v) is 2.23. The van der Waals surface area contributed by atoms with Crippen LogP contribution in [0.2, 0.25) is 0 Å². The Kier molecular flexibility index (Phi) is 3.69. The standard InChI is InChI=1S/C8H11ClO3/c9-5-7(10)8(11)6-1-3-12-4-2-6/h6H,1-5H2. The van der Waals surface area contributed by atoms with Crippen molar-refractivity contribution in [3.8, 4) is 0 Å². The molecule has 0 radical (unpaired) electrons. The minimum absolute atomic E-state index is 0.148. The Labute approximate surface area is 76.0 Å². The molecule has 0 amide bonds. The van der Waals surface area contributed by atoms with Gasteiger partial charge < -0.3 is 4.74 Å². The Morgan fingerprint density at radius 2 is 1.92 bits per heavy atom. The van der Waals surface area contributed by atoms with Crippen LogP contribution in [0.25, 0.3) is 0 Å². The van der Waals surface area contributed by atoms with E-state index in [1.807, 2.05) is 0 Å². The highest BCUT2D eigenvalue weighted by atomic mass is 35.5. The van der Waals surface area contributed by atoms with Gasteiger partial charge in [-0.1, -0.05) is 0 Å². The first-order valence-electron chi connectivity index (χ1n) is 3.96. The maximum atomic E-state index is 11.2. The predicted molar refractivity (Wildman–Crippen MR) is 44.3 cm³/mol. The van der Waals surface area contributed by atoms with Crippen molar-refractivity contribution in [2.45, 2.75) is 12.8 Å². The third kappa shape index (κ3) is 2.29. The molecule has 0 aliphatic carbocycles. The van der Waals surface area contributed by atoms with Crippen molar-refractivity contribution in [1.29, 1.82) is 0 Å². The fourth-order valence-corrected chi connectivity index (χ4v) is 1.39. The van der Waals surface area contributed by atoms with Crippen molar-refractivity contribution in [2.24, 2.45) is 5.92 Å². The van der Waals surface area contributed by atoms with Crippen molar-refractivity contribution >= 4 is 23.2 Å². The van der Waals surface area contributed by atoms with Crippen LogP contribution < -0.4 is 0 Å². The van der Waals surface area contributed by atoms with Gasteiger partial charge in [-0.15, -0.1) is 11.6 Å². The lowest BCUT2D eigenvalue weighted by atomic mass is 9.93. The number of carbonyl (C=O) groups excluding carboxylic acids is 2. The first-order chi connectivity index (χ1) is 5.75. The zero-order chi connectivity index (χ0) is 8.97. The molecule has 0 aromatic carbocycles. The Balaban J connectivity index is 2.45. The average Bonchev–Trinajstić information content (AvgIpc) is 2.17. The summed E-state index contributed by atoms with van der Waals surface area (Å²) < 4.78 is 5.07. The smallest absolute Gasteiger partial charge is 0.213 e. The van der Waals surface area contributed by atoms with Gasteiger partial charge in [0.05, 0.1) is 5.88 Å². The summed E-state index contributed by atoms with van der Waals surface area (Å²) in [6.07, 6.45) is 1.31. The SMILES string of the molecule is O=C(CCl)C(=O)C1CCOCC1. The summed E-state index contributed by atoms with van der Waals surface area (Å²) in [4.78, 5) is 22.1. The normalized spacial score (nSPS) is 19.1. The lowest BCUT2D eigenvalue weighted by molar-refractivity contribution is -0.139. The molecule has 1 fully saturated rings. The summed E-state index contributed by atoms with van der Waals surface area (Å²) in [5, 5.41) is 0. The topological polar surface area (TPSA) is 43.4 Å². The van der Waals surface area contributed by atoms with Gasteiger partial charge in [0.15, 0.2) is 0 Å². The summed E-state index contributed by atoms with van der Waals surface area (Å²) in [5.74, 6) is -1.14. The van der Waals surface area contributed by atoms with E-state index >= 15 is 0 Å². The monoisotopic (exact) mass is 190 g/mol. The van der Waals surface area contributed by atoms with Crippen LogP contribution in [-0.2, 0) is 14.3 Å². The van der Waals surface area contributed by atoms with Crippen LogP contribution in [0.3, 0.4) is 0 Å². The van der Waals surface area contributed by atoms with E-state index in [1.54, 1.807) is 0 Å². The molecule has 12 heavy (non-hydrogen) atoms. The van der Waals surface area contributed by atoms with Crippen molar-refractivity contribution in [1.82, 2.24) is 0 Å². The lowest BCUT2D eigenvalue weighted by Gasteiger charge is -2.19. The molecule has 68 valence electrons. The molecule has 1 heterocycles. The van der Waals surface area contributed by atoms with E-state index in [4.69, 9.17) is 16.3 Å². The summed E-state index contributed by atoms with van der Waals surface area (Å²) in [6.45, 7) is 1.15. The molecule has 0 unspecified atom stereocenters. The highest BCUT2D eigenvalue weighted by Gasteiger charge is 2.25. The van der Waals surface area contributed by atoms with Crippen LogP contribution in [0.1, 0.15) is 12.8 Å². The van der Waals surface area contributed by atoms with Crippen LogP contribution in [-0.4, -0.2) is 30.7 Å². The molecule has 1 aliphatic rings. The maximum Gasteiger partial charge on any atom is 0.213 e. The second-order valence-corrected chi connectivity index (χ2v) is 3.07. The Morgan fingerprint density at radius 3 is 2.42 bits per heavy atom. The zero-order valence-corrected chi connectivity index (χ0v) is 7.47. The zero-order valence-electron chi connectivity index (χ0n) is 6.72. The van der Waals surface area contributed by atoms with E-state index in [2.05, 4.69) is 0 Å². The van der Waals surface area contributed by atoms with Gasteiger partial charge in [0.2, 0.25) is 11.6 Å². The number of alkyl halides is 1. The number of carbonyl (C=O) groups is 2. The maximum absolute atomic E-state index is 11.2. The third-order valence-electron chi connectivity index (χ3n) is 1.99. The Morgan fingerprint density at radius 1 is 1.33 bits per heavy atom. The molecular formula is C8H11ClO3. The highest BCUT2D eigenvalue weighted by Crippen LogP contribution is 2.16. The fraction of sp³-hybridized carbons (Fsp3) is 0.750. The number of halogens is 1. The number of rotatable bonds is 3. The second-order valence-electron chi connectivity index (χ2n) is 2.81. The molecule has 1 saturated heterocycles. The van der Waals surface area contributed by atoms with Gasteiger partial charge in [-0.3, -0.25) is 9.59 Å². The predicted octanol–water partition coefficient (Wildman–Crippen LogP) is 0.790. The van der Waals surface area contributed by atoms with Crippen LogP contribution in [0.15, 0.2) is 0 Å². The summed E-state index contributed by atoms with van der Waals surface area (Å²) in [5.41, 5.74) is 0. The number of hydrogen-bond acceptors (Lipinski definition) is 3. The van der Waals surface area contributed by atoms with E-state index < -0.39 is 5.78 Å². The number of hydrogen-bond donors (Lipinski definition) is 0. The quantitative estimate of drug-likeness (QED) is 0.488. The van der Waals surface area contributed by atoms with E-state index in [0.29, 0.717) is 26.1 Å². The summed E-state index contributed by atoms with van der Waals surface area (Å²) in [7, 11) is 0. The van der Waals surface area contributed by atoms with Crippen molar-refractivity contribution in [3.63, 3.8) is 0 Å². The molecule has 1 rings (SSSR count). The first-order valence-corrected chi connectivity index (χ1v) is 4.50. The molecule has 0 spiro atoms. The minimum atomic E-state index is -0.469. The first kappa shape index (κ1) is 9.68. The van der Waals surface area contributed by atoms with Crippen molar-refractivity contribution < 1.29 is 14.3 Å². The van der Waals surface area contributed by atoms with Gasteiger partial charge in [0.25, 0.3) is 0 Å². The van der Waals surface area contributed by atoms with E-state index in [1.165, 1.54) is 0 Å². The molecule has 4 heteroatoms. The van der Waals surface area contributed by atoms with Crippen molar-refractivity contribution in [3.05, 3.63) is 0 Å². The van der Waals surface area contributed by atoms with Gasteiger partial charge in [-0.05, 0) is 12.8 Å². The second kappa shape index (κ2) is 4.58. The molecule has 1 aliphatic heterocycles. The Bertz CT molecular complexity index is 185. The molecule has 0 atom stereocenters. The highest BCUT2D eigenvalue weighted by molar-refractivity contribution is 6.47. The van der Waals surface area contributed by atoms with Crippen LogP contribution in [0.4, 0.5) is 0 Å². The Hall–Kier alpha value is -0.410. The van der Waals surface area contributed by atoms with E-state index in [9.17, 15) is 9.59 Å². The minimum Gasteiger partial charge on any atom is -0.381 e. The van der Waals surface area contributed by atoms with Gasteiger partial charge in [-0.25, -0.2) is 0 Å². The van der Waals surface area contributed by atoms with Gasteiger partial charge in [0.1, 0.15) is 0 Å². The van der Waals surface area contributed by atoms with Gasteiger partial charge in [0, 0.05) is 19.1 Å². The molecule has 0 saturated carbocycles. The largest absolute Gasteiger partial charge is 0.381 e. The summed E-state index contributed by atoms with van der Waals surface area (Å²) in [6, 6.07) is 0. The molecule has 0 aromatic heterocycles. The number of Topliss-reactive ketones (excluding diaryl/α,β-unsaturated/α-hetero) is 2. The van der Waals surface area contributed by atoms with Gasteiger partial charge in [-0.2, -0.15) is 0 Å². The number of ether oxygens (including phenoxy) is 1. The van der Waals surface area contributed by atoms with E-state index in [0.717, 1.165) is 0 Å². The van der Waals surface area contributed by atoms with Gasteiger partial charge >= 0.3 is 0 Å².